The van der Waals surface area contributed by atoms with E-state index in [0.717, 1.165) is 31.1 Å². The lowest BCUT2D eigenvalue weighted by Crippen LogP contribution is -2.29. The van der Waals surface area contributed by atoms with Gasteiger partial charge < -0.3 is 5.73 Å². The molecule has 1 saturated carbocycles. The van der Waals surface area contributed by atoms with Gasteiger partial charge >= 0.3 is 0 Å². The average Bonchev–Trinajstić information content (AvgIpc) is 2.77. The quantitative estimate of drug-likeness (QED) is 0.813. The van der Waals surface area contributed by atoms with E-state index in [2.05, 4.69) is 9.78 Å². The second kappa shape index (κ2) is 4.84. The van der Waals surface area contributed by atoms with E-state index in [0.29, 0.717) is 11.7 Å². The summed E-state index contributed by atoms with van der Waals surface area (Å²) < 4.78 is 2.16. The first-order valence-corrected chi connectivity index (χ1v) is 7.10. The zero-order valence-electron chi connectivity index (χ0n) is 10.8. The summed E-state index contributed by atoms with van der Waals surface area (Å²) in [6.07, 6.45) is 10.0. The summed E-state index contributed by atoms with van der Waals surface area (Å²) >= 11 is 0. The minimum absolute atomic E-state index is 0.195. The lowest BCUT2D eigenvalue weighted by atomic mass is 9.91. The van der Waals surface area contributed by atoms with Crippen molar-refractivity contribution in [3.63, 3.8) is 0 Å². The van der Waals surface area contributed by atoms with Crippen LogP contribution in [0, 0.1) is 0 Å². The molecule has 1 atom stereocenters. The van der Waals surface area contributed by atoms with E-state index in [1.807, 2.05) is 0 Å². The Morgan fingerprint density at radius 3 is 2.72 bits per heavy atom. The van der Waals surface area contributed by atoms with Crippen LogP contribution in [0.5, 0.6) is 0 Å². The van der Waals surface area contributed by atoms with Gasteiger partial charge in [-0.05, 0) is 32.1 Å². The lowest BCUT2D eigenvalue weighted by molar-refractivity contribution is 0.111. The van der Waals surface area contributed by atoms with Crippen molar-refractivity contribution in [2.45, 2.75) is 63.5 Å². The molecule has 1 fully saturated rings. The number of carbonyl (C=O) groups excluding carboxylic acids is 1. The molecule has 1 aromatic rings. The van der Waals surface area contributed by atoms with Crippen molar-refractivity contribution in [2.24, 2.45) is 5.73 Å². The summed E-state index contributed by atoms with van der Waals surface area (Å²) in [6.45, 7) is 0. The van der Waals surface area contributed by atoms with Gasteiger partial charge in [-0.15, -0.1) is 0 Å². The standard InChI is InChI=1S/C14H21N3O/c15-10-6-7-14-12(8-10)13(9-18)16-17(14)11-4-2-1-3-5-11/h9-11H,1-8,15H2. The van der Waals surface area contributed by atoms with Crippen molar-refractivity contribution in [1.82, 2.24) is 9.78 Å². The third-order valence-corrected chi connectivity index (χ3v) is 4.40. The molecule has 0 spiro atoms. The smallest absolute Gasteiger partial charge is 0.170 e. The minimum Gasteiger partial charge on any atom is -0.327 e. The van der Waals surface area contributed by atoms with E-state index in [1.54, 1.807) is 0 Å². The second-order valence-electron chi connectivity index (χ2n) is 5.67. The van der Waals surface area contributed by atoms with E-state index < -0.39 is 0 Å². The molecular weight excluding hydrogens is 226 g/mol. The highest BCUT2D eigenvalue weighted by atomic mass is 16.1. The Morgan fingerprint density at radius 2 is 2.00 bits per heavy atom. The van der Waals surface area contributed by atoms with Crippen LogP contribution in [0.2, 0.25) is 0 Å². The van der Waals surface area contributed by atoms with Crippen LogP contribution >= 0.6 is 0 Å². The number of hydrogen-bond acceptors (Lipinski definition) is 3. The number of nitrogens with two attached hydrogens (primary N) is 1. The third-order valence-electron chi connectivity index (χ3n) is 4.40. The molecule has 18 heavy (non-hydrogen) atoms. The highest BCUT2D eigenvalue weighted by Crippen LogP contribution is 2.32. The Labute approximate surface area is 108 Å². The minimum atomic E-state index is 0.195. The molecule has 0 aromatic carbocycles. The fourth-order valence-corrected chi connectivity index (χ4v) is 3.42. The van der Waals surface area contributed by atoms with Gasteiger partial charge in [-0.3, -0.25) is 9.48 Å². The zero-order chi connectivity index (χ0) is 12.5. The van der Waals surface area contributed by atoms with Crippen LogP contribution in [0.15, 0.2) is 0 Å². The number of nitrogens with zero attached hydrogens (tertiary/aromatic N) is 2. The van der Waals surface area contributed by atoms with Gasteiger partial charge in [0.25, 0.3) is 0 Å². The molecule has 3 rings (SSSR count). The van der Waals surface area contributed by atoms with Gasteiger partial charge in [-0.25, -0.2) is 0 Å². The monoisotopic (exact) mass is 247 g/mol. The fraction of sp³-hybridized carbons (Fsp3) is 0.714. The summed E-state index contributed by atoms with van der Waals surface area (Å²) in [5.74, 6) is 0. The van der Waals surface area contributed by atoms with Gasteiger partial charge in [0.15, 0.2) is 6.29 Å². The Kier molecular flexibility index (Phi) is 3.20. The number of fused-ring (bicyclic) bond motifs is 1. The topological polar surface area (TPSA) is 60.9 Å². The number of aldehydes is 1. The number of aromatic nitrogens is 2. The molecule has 0 amide bonds. The van der Waals surface area contributed by atoms with Crippen LogP contribution in [0.25, 0.3) is 0 Å². The molecule has 0 radical (unpaired) electrons. The van der Waals surface area contributed by atoms with Crippen molar-refractivity contribution in [1.29, 1.82) is 0 Å². The lowest BCUT2D eigenvalue weighted by Gasteiger charge is -2.26. The Balaban J connectivity index is 1.97. The molecule has 1 unspecified atom stereocenters. The highest BCUT2D eigenvalue weighted by Gasteiger charge is 2.27. The molecule has 4 nitrogen and oxygen atoms in total. The maximum absolute atomic E-state index is 11.2. The van der Waals surface area contributed by atoms with Gasteiger partial charge in [0.05, 0.1) is 6.04 Å². The first kappa shape index (κ1) is 11.9. The molecule has 2 aliphatic rings. The Hall–Kier alpha value is -1.16. The molecule has 1 aromatic heterocycles. The predicted octanol–water partition coefficient (Wildman–Crippen LogP) is 2.02. The number of rotatable bonds is 2. The average molecular weight is 247 g/mol. The maximum Gasteiger partial charge on any atom is 0.170 e. The number of hydrogen-bond donors (Lipinski definition) is 1. The van der Waals surface area contributed by atoms with Crippen LogP contribution in [-0.2, 0) is 12.8 Å². The SMILES string of the molecule is NC1CCc2c(c(C=O)nn2C2CCCCC2)C1. The van der Waals surface area contributed by atoms with Gasteiger partial charge in [0.1, 0.15) is 5.69 Å². The predicted molar refractivity (Wildman–Crippen MR) is 69.7 cm³/mol. The molecule has 0 aliphatic heterocycles. The molecule has 98 valence electrons. The highest BCUT2D eigenvalue weighted by molar-refractivity contribution is 5.75. The van der Waals surface area contributed by atoms with Crippen molar-refractivity contribution in [3.8, 4) is 0 Å². The maximum atomic E-state index is 11.2. The van der Waals surface area contributed by atoms with Crippen LogP contribution in [0.4, 0.5) is 0 Å². The van der Waals surface area contributed by atoms with Crippen LogP contribution < -0.4 is 5.73 Å². The van der Waals surface area contributed by atoms with Gasteiger partial charge in [0.2, 0.25) is 0 Å². The van der Waals surface area contributed by atoms with Gasteiger partial charge in [-0.2, -0.15) is 5.10 Å². The van der Waals surface area contributed by atoms with E-state index >= 15 is 0 Å². The van der Waals surface area contributed by atoms with Crippen LogP contribution in [-0.4, -0.2) is 22.1 Å². The molecule has 2 aliphatic carbocycles. The summed E-state index contributed by atoms with van der Waals surface area (Å²) in [5, 5.41) is 4.56. The summed E-state index contributed by atoms with van der Waals surface area (Å²) in [5.41, 5.74) is 9.04. The number of carbonyl (C=O) groups is 1. The summed E-state index contributed by atoms with van der Waals surface area (Å²) in [7, 11) is 0. The first-order chi connectivity index (χ1) is 8.79. The van der Waals surface area contributed by atoms with E-state index in [9.17, 15) is 4.79 Å². The van der Waals surface area contributed by atoms with Crippen molar-refractivity contribution >= 4 is 6.29 Å². The molecule has 0 bridgehead atoms. The fourth-order valence-electron chi connectivity index (χ4n) is 3.42. The molecule has 2 N–H and O–H groups in total. The molecule has 4 heteroatoms. The van der Waals surface area contributed by atoms with Crippen LogP contribution in [0.1, 0.15) is 66.3 Å². The Bertz CT molecular complexity index is 446. The second-order valence-corrected chi connectivity index (χ2v) is 5.67. The van der Waals surface area contributed by atoms with E-state index in [1.165, 1.54) is 37.8 Å². The third kappa shape index (κ3) is 1.99. The first-order valence-electron chi connectivity index (χ1n) is 7.10. The summed E-state index contributed by atoms with van der Waals surface area (Å²) in [6, 6.07) is 0.704. The summed E-state index contributed by atoms with van der Waals surface area (Å²) in [4.78, 5) is 11.2. The van der Waals surface area contributed by atoms with Crippen LogP contribution in [0.3, 0.4) is 0 Å². The zero-order valence-corrected chi connectivity index (χ0v) is 10.8. The van der Waals surface area contributed by atoms with Crippen molar-refractivity contribution in [2.75, 3.05) is 0 Å². The van der Waals surface area contributed by atoms with Crippen molar-refractivity contribution < 1.29 is 4.79 Å². The molecular formula is C14H21N3O. The van der Waals surface area contributed by atoms with E-state index in [4.69, 9.17) is 5.73 Å². The largest absolute Gasteiger partial charge is 0.327 e. The van der Waals surface area contributed by atoms with Gasteiger partial charge in [-0.1, -0.05) is 19.3 Å². The van der Waals surface area contributed by atoms with E-state index in [-0.39, 0.29) is 6.04 Å². The normalized spacial score (nSPS) is 24.8. The molecule has 1 heterocycles. The van der Waals surface area contributed by atoms with Gasteiger partial charge in [0, 0.05) is 17.3 Å². The Morgan fingerprint density at radius 1 is 1.22 bits per heavy atom. The van der Waals surface area contributed by atoms with Crippen molar-refractivity contribution in [3.05, 3.63) is 17.0 Å². The molecule has 0 saturated heterocycles.